The van der Waals surface area contributed by atoms with Gasteiger partial charge in [0.05, 0.1) is 5.56 Å². The SMILES string of the molecule is NCc1c(C(F)F)cnc(C(N)=O)c1C(F)(F)F. The molecule has 0 fully saturated rings. The number of pyridine rings is 1. The van der Waals surface area contributed by atoms with Crippen LogP contribution in [0.1, 0.15) is 33.6 Å². The number of carbonyl (C=O) groups is 1. The Kier molecular flexibility index (Phi) is 3.85. The molecule has 100 valence electrons. The lowest BCUT2D eigenvalue weighted by molar-refractivity contribution is -0.138. The molecule has 4 nitrogen and oxygen atoms in total. The molecule has 0 spiro atoms. The summed E-state index contributed by atoms with van der Waals surface area (Å²) < 4.78 is 63.3. The average molecular weight is 269 g/mol. The molecule has 0 unspecified atom stereocenters. The Morgan fingerprint density at radius 1 is 1.39 bits per heavy atom. The van der Waals surface area contributed by atoms with Gasteiger partial charge in [-0.3, -0.25) is 4.79 Å². The van der Waals surface area contributed by atoms with E-state index in [-0.39, 0.29) is 0 Å². The van der Waals surface area contributed by atoms with Crippen molar-refractivity contribution in [1.82, 2.24) is 4.98 Å². The summed E-state index contributed by atoms with van der Waals surface area (Å²) in [5, 5.41) is 0. The van der Waals surface area contributed by atoms with Gasteiger partial charge in [0.15, 0.2) is 0 Å². The highest BCUT2D eigenvalue weighted by Crippen LogP contribution is 2.37. The molecule has 0 aliphatic heterocycles. The highest BCUT2D eigenvalue weighted by molar-refractivity contribution is 5.93. The monoisotopic (exact) mass is 269 g/mol. The lowest BCUT2D eigenvalue weighted by atomic mass is 10.0. The minimum absolute atomic E-state index is 0.474. The van der Waals surface area contributed by atoms with Gasteiger partial charge in [-0.1, -0.05) is 0 Å². The van der Waals surface area contributed by atoms with Crippen LogP contribution in [0.15, 0.2) is 6.20 Å². The van der Waals surface area contributed by atoms with Crippen molar-refractivity contribution in [2.75, 3.05) is 0 Å². The lowest BCUT2D eigenvalue weighted by Gasteiger charge is -2.17. The first-order valence-electron chi connectivity index (χ1n) is 4.57. The van der Waals surface area contributed by atoms with Gasteiger partial charge in [-0.25, -0.2) is 13.8 Å². The second-order valence-corrected chi connectivity index (χ2v) is 3.28. The molecule has 1 aromatic rings. The molecule has 0 saturated heterocycles. The molecule has 0 saturated carbocycles. The van der Waals surface area contributed by atoms with E-state index < -0.39 is 47.4 Å². The smallest absolute Gasteiger partial charge is 0.364 e. The number of carbonyl (C=O) groups excluding carboxylic acids is 1. The van der Waals surface area contributed by atoms with Gasteiger partial charge < -0.3 is 11.5 Å². The van der Waals surface area contributed by atoms with Crippen molar-refractivity contribution in [3.8, 4) is 0 Å². The van der Waals surface area contributed by atoms with Gasteiger partial charge >= 0.3 is 6.18 Å². The summed E-state index contributed by atoms with van der Waals surface area (Å²) in [6.07, 6.45) is -7.75. The number of rotatable bonds is 3. The van der Waals surface area contributed by atoms with E-state index in [9.17, 15) is 26.7 Å². The number of amides is 1. The van der Waals surface area contributed by atoms with E-state index in [1.165, 1.54) is 0 Å². The average Bonchev–Trinajstić information content (AvgIpc) is 2.25. The van der Waals surface area contributed by atoms with Crippen LogP contribution >= 0.6 is 0 Å². The molecule has 1 rings (SSSR count). The number of nitrogens with two attached hydrogens (primary N) is 2. The van der Waals surface area contributed by atoms with Gasteiger partial charge in [-0.2, -0.15) is 13.2 Å². The quantitative estimate of drug-likeness (QED) is 0.817. The fourth-order valence-electron chi connectivity index (χ4n) is 1.46. The van der Waals surface area contributed by atoms with Crippen LogP contribution < -0.4 is 11.5 Å². The molecule has 0 aliphatic carbocycles. The molecule has 0 aromatic carbocycles. The van der Waals surface area contributed by atoms with Gasteiger partial charge in [0.25, 0.3) is 12.3 Å². The van der Waals surface area contributed by atoms with Crippen LogP contribution in [-0.4, -0.2) is 10.9 Å². The zero-order chi connectivity index (χ0) is 14.1. The maximum Gasteiger partial charge on any atom is 0.419 e. The van der Waals surface area contributed by atoms with E-state index in [1.807, 2.05) is 0 Å². The van der Waals surface area contributed by atoms with E-state index in [0.717, 1.165) is 0 Å². The second kappa shape index (κ2) is 4.84. The molecule has 4 N–H and O–H groups in total. The van der Waals surface area contributed by atoms with Gasteiger partial charge in [-0.05, 0) is 5.56 Å². The number of halogens is 5. The summed E-state index contributed by atoms with van der Waals surface area (Å²) in [5.41, 5.74) is 5.22. The van der Waals surface area contributed by atoms with Crippen LogP contribution in [0.4, 0.5) is 22.0 Å². The number of alkyl halides is 5. The topological polar surface area (TPSA) is 82.0 Å². The van der Waals surface area contributed by atoms with Crippen molar-refractivity contribution < 1.29 is 26.7 Å². The van der Waals surface area contributed by atoms with Crippen molar-refractivity contribution >= 4 is 5.91 Å². The number of hydrogen-bond donors (Lipinski definition) is 2. The molecular weight excluding hydrogens is 261 g/mol. The van der Waals surface area contributed by atoms with Crippen LogP contribution in [0.2, 0.25) is 0 Å². The van der Waals surface area contributed by atoms with Crippen LogP contribution in [0, 0.1) is 0 Å². The highest BCUT2D eigenvalue weighted by atomic mass is 19.4. The van der Waals surface area contributed by atoms with E-state index in [2.05, 4.69) is 4.98 Å². The van der Waals surface area contributed by atoms with Crippen molar-refractivity contribution in [3.05, 3.63) is 28.6 Å². The molecule has 0 radical (unpaired) electrons. The number of primary amides is 1. The molecule has 1 aromatic heterocycles. The Morgan fingerprint density at radius 2 is 1.94 bits per heavy atom. The van der Waals surface area contributed by atoms with Gasteiger partial charge in [-0.15, -0.1) is 0 Å². The number of aromatic nitrogens is 1. The van der Waals surface area contributed by atoms with Crippen molar-refractivity contribution in [3.63, 3.8) is 0 Å². The van der Waals surface area contributed by atoms with E-state index in [1.54, 1.807) is 0 Å². The normalized spacial score (nSPS) is 11.9. The van der Waals surface area contributed by atoms with Gasteiger partial charge in [0.1, 0.15) is 5.69 Å². The maximum absolute atomic E-state index is 12.8. The highest BCUT2D eigenvalue weighted by Gasteiger charge is 2.40. The van der Waals surface area contributed by atoms with Crippen LogP contribution in [0.5, 0.6) is 0 Å². The minimum atomic E-state index is -5.04. The Labute approximate surface area is 97.8 Å². The largest absolute Gasteiger partial charge is 0.419 e. The van der Waals surface area contributed by atoms with E-state index in [0.29, 0.717) is 6.20 Å². The third-order valence-corrected chi connectivity index (χ3v) is 2.18. The standard InChI is InChI=1S/C9H8F5N3O/c10-7(11)4-2-17-6(8(16)18)5(3(4)1-15)9(12,13)14/h2,7H,1,15H2,(H2,16,18). The van der Waals surface area contributed by atoms with Gasteiger partial charge in [0, 0.05) is 18.3 Å². The second-order valence-electron chi connectivity index (χ2n) is 3.28. The predicted molar refractivity (Wildman–Crippen MR) is 50.6 cm³/mol. The zero-order valence-electron chi connectivity index (χ0n) is 8.76. The third kappa shape index (κ3) is 2.55. The first-order valence-corrected chi connectivity index (χ1v) is 4.57. The summed E-state index contributed by atoms with van der Waals surface area (Å²) >= 11 is 0. The summed E-state index contributed by atoms with van der Waals surface area (Å²) in [6.45, 7) is -0.808. The molecule has 0 aliphatic rings. The Hall–Kier alpha value is -1.77. The summed E-state index contributed by atoms with van der Waals surface area (Å²) in [4.78, 5) is 13.9. The summed E-state index contributed by atoms with van der Waals surface area (Å²) in [7, 11) is 0. The molecule has 1 amide bonds. The molecule has 0 atom stereocenters. The maximum atomic E-state index is 12.8. The summed E-state index contributed by atoms with van der Waals surface area (Å²) in [5.74, 6) is -1.46. The molecule has 9 heteroatoms. The van der Waals surface area contributed by atoms with Crippen molar-refractivity contribution in [2.45, 2.75) is 19.1 Å². The first-order chi connectivity index (χ1) is 8.20. The van der Waals surface area contributed by atoms with E-state index in [4.69, 9.17) is 11.5 Å². The predicted octanol–water partition coefficient (Wildman–Crippen LogP) is 1.60. The Morgan fingerprint density at radius 3 is 2.28 bits per heavy atom. The van der Waals surface area contributed by atoms with Gasteiger partial charge in [0.2, 0.25) is 0 Å². The molecule has 18 heavy (non-hydrogen) atoms. The first kappa shape index (κ1) is 14.3. The Balaban J connectivity index is 3.67. The summed E-state index contributed by atoms with van der Waals surface area (Å²) in [6, 6.07) is 0. The Bertz CT molecular complexity index is 472. The van der Waals surface area contributed by atoms with E-state index >= 15 is 0 Å². The van der Waals surface area contributed by atoms with Crippen LogP contribution in [-0.2, 0) is 12.7 Å². The molecule has 0 bridgehead atoms. The van der Waals surface area contributed by atoms with Crippen LogP contribution in [0.3, 0.4) is 0 Å². The number of hydrogen-bond acceptors (Lipinski definition) is 3. The third-order valence-electron chi connectivity index (χ3n) is 2.18. The fourth-order valence-corrected chi connectivity index (χ4v) is 1.46. The minimum Gasteiger partial charge on any atom is -0.364 e. The molecule has 1 heterocycles. The number of nitrogens with zero attached hydrogens (tertiary/aromatic N) is 1. The molecular formula is C9H8F5N3O. The fraction of sp³-hybridized carbons (Fsp3) is 0.333. The van der Waals surface area contributed by atoms with Crippen molar-refractivity contribution in [1.29, 1.82) is 0 Å². The zero-order valence-corrected chi connectivity index (χ0v) is 8.76. The lowest BCUT2D eigenvalue weighted by Crippen LogP contribution is -2.24. The van der Waals surface area contributed by atoms with Crippen molar-refractivity contribution in [2.24, 2.45) is 11.5 Å². The van der Waals surface area contributed by atoms with Crippen LogP contribution in [0.25, 0.3) is 0 Å².